The van der Waals surface area contributed by atoms with Crippen molar-refractivity contribution >= 4 is 5.91 Å². The molecule has 2 aliphatic rings. The second-order valence-electron chi connectivity index (χ2n) is 7.28. The smallest absolute Gasteiger partial charge is 0.241 e. The van der Waals surface area contributed by atoms with Crippen molar-refractivity contribution in [1.82, 2.24) is 10.2 Å². The van der Waals surface area contributed by atoms with Crippen molar-refractivity contribution in [3.8, 4) is 0 Å². The van der Waals surface area contributed by atoms with Crippen LogP contribution in [0.15, 0.2) is 0 Å². The largest absolute Gasteiger partial charge is 0.378 e. The first-order valence-corrected chi connectivity index (χ1v) is 8.63. The number of carbonyl (C=O) groups excluding carboxylic acids is 1. The van der Waals surface area contributed by atoms with Gasteiger partial charge in [0.1, 0.15) is 0 Å². The van der Waals surface area contributed by atoms with E-state index in [9.17, 15) is 4.79 Å². The van der Waals surface area contributed by atoms with Crippen LogP contribution in [0.2, 0.25) is 0 Å². The van der Waals surface area contributed by atoms with Crippen LogP contribution in [0, 0.1) is 11.8 Å². The van der Waals surface area contributed by atoms with Gasteiger partial charge in [0.25, 0.3) is 0 Å². The lowest BCUT2D eigenvalue weighted by Crippen LogP contribution is -2.48. The number of rotatable bonds is 5. The second kappa shape index (κ2) is 7.10. The highest BCUT2D eigenvalue weighted by atomic mass is 16.5. The zero-order valence-electron chi connectivity index (χ0n) is 14.3. The van der Waals surface area contributed by atoms with Crippen LogP contribution < -0.4 is 5.32 Å². The third-order valence-electron chi connectivity index (χ3n) is 4.99. The molecular formula is C17H32N2O2. The number of carbonyl (C=O) groups is 1. The summed E-state index contributed by atoms with van der Waals surface area (Å²) in [5.74, 6) is 1.30. The van der Waals surface area contributed by atoms with Gasteiger partial charge in [-0.2, -0.15) is 0 Å². The Kier molecular flexibility index (Phi) is 5.67. The number of nitrogens with one attached hydrogen (secondary N) is 1. The van der Waals surface area contributed by atoms with Crippen LogP contribution in [0.1, 0.15) is 60.3 Å². The van der Waals surface area contributed by atoms with Gasteiger partial charge < -0.3 is 9.64 Å². The molecule has 2 saturated heterocycles. The Balaban J connectivity index is 2.15. The first kappa shape index (κ1) is 16.8. The highest BCUT2D eigenvalue weighted by Crippen LogP contribution is 2.29. The van der Waals surface area contributed by atoms with E-state index < -0.39 is 0 Å². The summed E-state index contributed by atoms with van der Waals surface area (Å²) < 4.78 is 5.66. The van der Waals surface area contributed by atoms with Crippen molar-refractivity contribution in [3.63, 3.8) is 0 Å². The zero-order valence-corrected chi connectivity index (χ0v) is 14.3. The van der Waals surface area contributed by atoms with Crippen molar-refractivity contribution in [2.45, 2.75) is 84.7 Å². The van der Waals surface area contributed by atoms with E-state index in [4.69, 9.17) is 4.74 Å². The highest BCUT2D eigenvalue weighted by Gasteiger charge is 2.44. The summed E-state index contributed by atoms with van der Waals surface area (Å²) in [6.45, 7) is 11.7. The molecule has 2 aliphatic heterocycles. The lowest BCUT2D eigenvalue weighted by Gasteiger charge is -2.38. The molecular weight excluding hydrogens is 264 g/mol. The first-order chi connectivity index (χ1) is 9.93. The molecule has 4 heteroatoms. The minimum Gasteiger partial charge on any atom is -0.378 e. The SMILES string of the molecule is CCC(C)C1NC(CC(C)C)N(C2CCOC(C)C2)C1=O. The Morgan fingerprint density at radius 2 is 2.10 bits per heavy atom. The number of nitrogens with zero attached hydrogens (tertiary/aromatic N) is 1. The van der Waals surface area contributed by atoms with E-state index in [1.54, 1.807) is 0 Å². The fraction of sp³-hybridized carbons (Fsp3) is 0.941. The van der Waals surface area contributed by atoms with E-state index in [0.717, 1.165) is 32.3 Å². The standard InChI is InChI=1S/C17H32N2O2/c1-6-12(4)16-17(20)19(15(18-16)9-11(2)3)14-7-8-21-13(5)10-14/h11-16,18H,6-10H2,1-5H3. The molecule has 0 radical (unpaired) electrons. The topological polar surface area (TPSA) is 41.6 Å². The average Bonchev–Trinajstić information content (AvgIpc) is 2.74. The summed E-state index contributed by atoms with van der Waals surface area (Å²) in [5, 5.41) is 3.62. The summed E-state index contributed by atoms with van der Waals surface area (Å²) in [7, 11) is 0. The zero-order chi connectivity index (χ0) is 15.6. The third-order valence-corrected chi connectivity index (χ3v) is 4.99. The Morgan fingerprint density at radius 3 is 2.67 bits per heavy atom. The van der Waals surface area contributed by atoms with Gasteiger partial charge in [-0.1, -0.05) is 34.1 Å². The predicted molar refractivity (Wildman–Crippen MR) is 84.9 cm³/mol. The maximum absolute atomic E-state index is 12.9. The van der Waals surface area contributed by atoms with Crippen molar-refractivity contribution in [3.05, 3.63) is 0 Å². The van der Waals surface area contributed by atoms with Gasteiger partial charge in [0.2, 0.25) is 5.91 Å². The van der Waals surface area contributed by atoms with Gasteiger partial charge in [0, 0.05) is 12.6 Å². The lowest BCUT2D eigenvalue weighted by molar-refractivity contribution is -0.136. The summed E-state index contributed by atoms with van der Waals surface area (Å²) in [6.07, 6.45) is 4.47. The molecule has 0 aromatic heterocycles. The molecule has 2 rings (SSSR count). The molecule has 0 saturated carbocycles. The van der Waals surface area contributed by atoms with Gasteiger partial charge in [0.05, 0.1) is 18.3 Å². The van der Waals surface area contributed by atoms with Crippen molar-refractivity contribution in [2.24, 2.45) is 11.8 Å². The van der Waals surface area contributed by atoms with Gasteiger partial charge in [-0.05, 0) is 38.0 Å². The van der Waals surface area contributed by atoms with Crippen LogP contribution in [0.5, 0.6) is 0 Å². The Bertz CT molecular complexity index is 359. The molecule has 0 aromatic carbocycles. The van der Waals surface area contributed by atoms with Crippen LogP contribution in [0.25, 0.3) is 0 Å². The molecule has 21 heavy (non-hydrogen) atoms. The maximum atomic E-state index is 12.9. The molecule has 1 N–H and O–H groups in total. The van der Waals surface area contributed by atoms with Crippen molar-refractivity contribution < 1.29 is 9.53 Å². The maximum Gasteiger partial charge on any atom is 0.241 e. The second-order valence-corrected chi connectivity index (χ2v) is 7.28. The van der Waals surface area contributed by atoms with E-state index in [0.29, 0.717) is 23.8 Å². The van der Waals surface area contributed by atoms with Crippen LogP contribution in [-0.4, -0.2) is 41.8 Å². The fourth-order valence-electron chi connectivity index (χ4n) is 3.61. The number of ether oxygens (including phenoxy) is 1. The Morgan fingerprint density at radius 1 is 1.38 bits per heavy atom. The molecule has 4 nitrogen and oxygen atoms in total. The average molecular weight is 296 g/mol. The summed E-state index contributed by atoms with van der Waals surface area (Å²) >= 11 is 0. The molecule has 2 fully saturated rings. The monoisotopic (exact) mass is 296 g/mol. The summed E-state index contributed by atoms with van der Waals surface area (Å²) in [4.78, 5) is 15.1. The van der Waals surface area contributed by atoms with Gasteiger partial charge in [-0.25, -0.2) is 0 Å². The molecule has 122 valence electrons. The Hall–Kier alpha value is -0.610. The molecule has 2 heterocycles. The predicted octanol–water partition coefficient (Wildman–Crippen LogP) is 2.77. The van der Waals surface area contributed by atoms with Gasteiger partial charge in [0.15, 0.2) is 0 Å². The summed E-state index contributed by atoms with van der Waals surface area (Å²) in [5.41, 5.74) is 0. The van der Waals surface area contributed by atoms with Crippen LogP contribution in [-0.2, 0) is 9.53 Å². The van der Waals surface area contributed by atoms with E-state index in [-0.39, 0.29) is 18.3 Å². The number of hydrogen-bond donors (Lipinski definition) is 1. The van der Waals surface area contributed by atoms with Gasteiger partial charge in [-0.15, -0.1) is 0 Å². The first-order valence-electron chi connectivity index (χ1n) is 8.63. The molecule has 0 aliphatic carbocycles. The normalized spacial score (nSPS) is 35.5. The molecule has 5 unspecified atom stereocenters. The van der Waals surface area contributed by atoms with E-state index in [1.165, 1.54) is 0 Å². The minimum absolute atomic E-state index is 0.00287. The van der Waals surface area contributed by atoms with Crippen LogP contribution in [0.3, 0.4) is 0 Å². The molecule has 0 aromatic rings. The summed E-state index contributed by atoms with van der Waals surface area (Å²) in [6, 6.07) is 0.337. The molecule has 5 atom stereocenters. The quantitative estimate of drug-likeness (QED) is 0.848. The highest BCUT2D eigenvalue weighted by molar-refractivity contribution is 5.85. The lowest BCUT2D eigenvalue weighted by atomic mass is 9.97. The molecule has 1 amide bonds. The van der Waals surface area contributed by atoms with E-state index in [1.807, 2.05) is 0 Å². The fourth-order valence-corrected chi connectivity index (χ4v) is 3.61. The van der Waals surface area contributed by atoms with Gasteiger partial charge in [-0.3, -0.25) is 10.1 Å². The van der Waals surface area contributed by atoms with Crippen molar-refractivity contribution in [2.75, 3.05) is 6.61 Å². The van der Waals surface area contributed by atoms with Crippen molar-refractivity contribution in [1.29, 1.82) is 0 Å². The molecule has 0 bridgehead atoms. The molecule has 0 spiro atoms. The van der Waals surface area contributed by atoms with Gasteiger partial charge >= 0.3 is 0 Å². The van der Waals surface area contributed by atoms with Crippen LogP contribution in [0.4, 0.5) is 0 Å². The van der Waals surface area contributed by atoms with E-state index >= 15 is 0 Å². The minimum atomic E-state index is -0.00287. The number of hydrogen-bond acceptors (Lipinski definition) is 3. The van der Waals surface area contributed by atoms with E-state index in [2.05, 4.69) is 44.8 Å². The number of amides is 1. The van der Waals surface area contributed by atoms with Crippen LogP contribution >= 0.6 is 0 Å². The third kappa shape index (κ3) is 3.78. The Labute approximate surface area is 129 Å².